The number of carbonyl (C=O) groups excluding carboxylic acids is 1. The van der Waals surface area contributed by atoms with Crippen LogP contribution in [0.15, 0.2) is 30.3 Å². The van der Waals surface area contributed by atoms with Crippen LogP contribution in [-0.4, -0.2) is 67.2 Å². The quantitative estimate of drug-likeness (QED) is 0.751. The van der Waals surface area contributed by atoms with Gasteiger partial charge in [-0.3, -0.25) is 9.69 Å². The minimum absolute atomic E-state index is 0. The number of amides is 1. The van der Waals surface area contributed by atoms with Crippen molar-refractivity contribution in [3.05, 3.63) is 35.9 Å². The summed E-state index contributed by atoms with van der Waals surface area (Å²) < 4.78 is 5.46. The zero-order valence-electron chi connectivity index (χ0n) is 17.0. The summed E-state index contributed by atoms with van der Waals surface area (Å²) >= 11 is 0. The van der Waals surface area contributed by atoms with Gasteiger partial charge >= 0.3 is 0 Å². The molecule has 0 bridgehead atoms. The van der Waals surface area contributed by atoms with Gasteiger partial charge < -0.3 is 15.0 Å². The van der Waals surface area contributed by atoms with Crippen molar-refractivity contribution in [1.82, 2.24) is 15.1 Å². The lowest BCUT2D eigenvalue weighted by molar-refractivity contribution is -0.140. The molecule has 5 nitrogen and oxygen atoms in total. The standard InChI is InChI=1S/C21H33N3O2.2ClH/c1-17-14-20(8-9-22-17)21(25)24(16-19-6-4-3-5-7-19)18(2)15-23-10-12-26-13-11-23;;/h3-7,17-18,20,22H,8-16H2,1-2H3;2*1H/t17-,18?,20-;;/m0../s1. The molecule has 0 spiro atoms. The minimum atomic E-state index is 0. The van der Waals surface area contributed by atoms with Gasteiger partial charge in [0, 0.05) is 44.2 Å². The van der Waals surface area contributed by atoms with Crippen molar-refractivity contribution >= 4 is 30.7 Å². The van der Waals surface area contributed by atoms with Gasteiger partial charge in [-0.05, 0) is 38.8 Å². The van der Waals surface area contributed by atoms with Crippen LogP contribution in [0, 0.1) is 5.92 Å². The number of ether oxygens (including phenoxy) is 1. The van der Waals surface area contributed by atoms with Crippen molar-refractivity contribution in [2.75, 3.05) is 39.4 Å². The lowest BCUT2D eigenvalue weighted by Gasteiger charge is -2.38. The van der Waals surface area contributed by atoms with Gasteiger partial charge in [0.25, 0.3) is 0 Å². The van der Waals surface area contributed by atoms with Crippen molar-refractivity contribution in [2.24, 2.45) is 5.92 Å². The first-order chi connectivity index (χ1) is 12.6. The average molecular weight is 432 g/mol. The SMILES string of the molecule is CC(CN1CCOCC1)N(Cc1ccccc1)C(=O)[C@H]1CCN[C@@H](C)C1.Cl.Cl. The monoisotopic (exact) mass is 431 g/mol. The van der Waals surface area contributed by atoms with Crippen molar-refractivity contribution in [3.63, 3.8) is 0 Å². The van der Waals surface area contributed by atoms with E-state index in [9.17, 15) is 4.79 Å². The van der Waals surface area contributed by atoms with E-state index < -0.39 is 0 Å². The van der Waals surface area contributed by atoms with Crippen molar-refractivity contribution in [3.8, 4) is 0 Å². The molecule has 2 fully saturated rings. The fourth-order valence-corrected chi connectivity index (χ4v) is 4.08. The third-order valence-corrected chi connectivity index (χ3v) is 5.61. The van der Waals surface area contributed by atoms with E-state index in [2.05, 4.69) is 53.2 Å². The molecule has 2 aliphatic heterocycles. The average Bonchev–Trinajstić information content (AvgIpc) is 2.67. The van der Waals surface area contributed by atoms with Crippen LogP contribution in [0.2, 0.25) is 0 Å². The molecule has 3 rings (SSSR count). The number of hydrogen-bond acceptors (Lipinski definition) is 4. The second-order valence-corrected chi connectivity index (χ2v) is 7.79. The Bertz CT molecular complexity index is 570. The Labute approximate surface area is 182 Å². The fourth-order valence-electron chi connectivity index (χ4n) is 4.08. The molecule has 2 saturated heterocycles. The molecule has 160 valence electrons. The number of halogens is 2. The lowest BCUT2D eigenvalue weighted by atomic mass is 9.91. The molecule has 1 unspecified atom stereocenters. The molecule has 3 atom stereocenters. The van der Waals surface area contributed by atoms with Crippen LogP contribution in [0.4, 0.5) is 0 Å². The molecule has 1 aromatic carbocycles. The van der Waals surface area contributed by atoms with Crippen LogP contribution in [0.5, 0.6) is 0 Å². The van der Waals surface area contributed by atoms with Crippen LogP contribution >= 0.6 is 24.8 Å². The highest BCUT2D eigenvalue weighted by Crippen LogP contribution is 2.22. The van der Waals surface area contributed by atoms with Gasteiger partial charge in [-0.2, -0.15) is 0 Å². The minimum Gasteiger partial charge on any atom is -0.379 e. The van der Waals surface area contributed by atoms with E-state index in [1.807, 2.05) is 6.07 Å². The number of rotatable bonds is 6. The first kappa shape index (κ1) is 25.2. The summed E-state index contributed by atoms with van der Waals surface area (Å²) in [7, 11) is 0. The normalized spacial score (nSPS) is 23.8. The smallest absolute Gasteiger partial charge is 0.226 e. The molecule has 2 heterocycles. The van der Waals surface area contributed by atoms with Gasteiger partial charge in [0.1, 0.15) is 0 Å². The number of morpholine rings is 1. The Morgan fingerprint density at radius 2 is 1.93 bits per heavy atom. The van der Waals surface area contributed by atoms with Gasteiger partial charge in [0.2, 0.25) is 5.91 Å². The highest BCUT2D eigenvalue weighted by atomic mass is 35.5. The predicted octanol–water partition coefficient (Wildman–Crippen LogP) is 2.97. The molecule has 0 aliphatic carbocycles. The Hall–Kier alpha value is -0.850. The predicted molar refractivity (Wildman–Crippen MR) is 118 cm³/mol. The summed E-state index contributed by atoms with van der Waals surface area (Å²) in [5.74, 6) is 0.463. The zero-order chi connectivity index (χ0) is 18.4. The number of piperidine rings is 1. The van der Waals surface area contributed by atoms with Crippen LogP contribution in [-0.2, 0) is 16.1 Å². The van der Waals surface area contributed by atoms with E-state index in [1.165, 1.54) is 5.56 Å². The molecule has 0 aromatic heterocycles. The van der Waals surface area contributed by atoms with Gasteiger partial charge in [-0.15, -0.1) is 24.8 Å². The van der Waals surface area contributed by atoms with E-state index in [1.54, 1.807) is 0 Å². The zero-order valence-corrected chi connectivity index (χ0v) is 18.6. The van der Waals surface area contributed by atoms with Crippen LogP contribution in [0.1, 0.15) is 32.3 Å². The molecule has 28 heavy (non-hydrogen) atoms. The second kappa shape index (κ2) is 12.7. The molecule has 1 aromatic rings. The highest BCUT2D eigenvalue weighted by Gasteiger charge is 2.31. The largest absolute Gasteiger partial charge is 0.379 e. The maximum atomic E-state index is 13.4. The van der Waals surface area contributed by atoms with E-state index in [-0.39, 0.29) is 36.8 Å². The number of nitrogens with zero attached hydrogens (tertiary/aromatic N) is 2. The molecule has 0 saturated carbocycles. The fraction of sp³-hybridized carbons (Fsp3) is 0.667. The molecule has 0 radical (unpaired) electrons. The Kier molecular flexibility index (Phi) is 11.4. The van der Waals surface area contributed by atoms with E-state index in [4.69, 9.17) is 4.74 Å². The van der Waals surface area contributed by atoms with Crippen molar-refractivity contribution in [1.29, 1.82) is 0 Å². The third-order valence-electron chi connectivity index (χ3n) is 5.61. The van der Waals surface area contributed by atoms with E-state index in [0.29, 0.717) is 18.5 Å². The summed E-state index contributed by atoms with van der Waals surface area (Å²) in [6.45, 7) is 10.4. The Morgan fingerprint density at radius 3 is 2.57 bits per heavy atom. The number of nitrogens with one attached hydrogen (secondary N) is 1. The number of benzene rings is 1. The number of carbonyl (C=O) groups is 1. The van der Waals surface area contributed by atoms with Crippen LogP contribution in [0.3, 0.4) is 0 Å². The molecular weight excluding hydrogens is 397 g/mol. The Morgan fingerprint density at radius 1 is 1.25 bits per heavy atom. The molecule has 2 aliphatic rings. The maximum absolute atomic E-state index is 13.4. The third kappa shape index (κ3) is 7.20. The molecule has 1 N–H and O–H groups in total. The topological polar surface area (TPSA) is 44.8 Å². The van der Waals surface area contributed by atoms with Gasteiger partial charge in [0.05, 0.1) is 13.2 Å². The highest BCUT2D eigenvalue weighted by molar-refractivity contribution is 5.85. The summed E-state index contributed by atoms with van der Waals surface area (Å²) in [4.78, 5) is 17.9. The van der Waals surface area contributed by atoms with Gasteiger partial charge in [-0.1, -0.05) is 30.3 Å². The summed E-state index contributed by atoms with van der Waals surface area (Å²) in [6.07, 6.45) is 1.88. The van der Waals surface area contributed by atoms with Gasteiger partial charge in [0.15, 0.2) is 0 Å². The summed E-state index contributed by atoms with van der Waals surface area (Å²) in [5, 5.41) is 3.46. The lowest BCUT2D eigenvalue weighted by Crippen LogP contribution is -2.51. The maximum Gasteiger partial charge on any atom is 0.226 e. The molecular formula is C21H35Cl2N3O2. The summed E-state index contributed by atoms with van der Waals surface area (Å²) in [6, 6.07) is 11.0. The summed E-state index contributed by atoms with van der Waals surface area (Å²) in [5.41, 5.74) is 1.21. The molecule has 7 heteroatoms. The van der Waals surface area contributed by atoms with E-state index in [0.717, 1.165) is 52.2 Å². The van der Waals surface area contributed by atoms with Gasteiger partial charge in [-0.25, -0.2) is 0 Å². The van der Waals surface area contributed by atoms with Crippen LogP contribution < -0.4 is 5.32 Å². The van der Waals surface area contributed by atoms with E-state index >= 15 is 0 Å². The Balaban J connectivity index is 0.00000196. The molecule has 1 amide bonds. The van der Waals surface area contributed by atoms with Crippen molar-refractivity contribution < 1.29 is 9.53 Å². The van der Waals surface area contributed by atoms with Crippen molar-refractivity contribution in [2.45, 2.75) is 45.3 Å². The first-order valence-corrected chi connectivity index (χ1v) is 10.0. The second-order valence-electron chi connectivity index (χ2n) is 7.79. The first-order valence-electron chi connectivity index (χ1n) is 10.0. The van der Waals surface area contributed by atoms with Crippen LogP contribution in [0.25, 0.3) is 0 Å². The number of hydrogen-bond donors (Lipinski definition) is 1.